The SMILES string of the molecule is COc1ccc(Cl)cc1NC(=O)c1cc(Cl)ncc1N. The van der Waals surface area contributed by atoms with Gasteiger partial charge in [-0.25, -0.2) is 4.98 Å². The highest BCUT2D eigenvalue weighted by Gasteiger charge is 2.14. The number of nitrogens with zero attached hydrogens (tertiary/aromatic N) is 1. The third-order valence-electron chi connectivity index (χ3n) is 2.56. The molecule has 0 spiro atoms. The molecule has 0 bridgehead atoms. The minimum absolute atomic E-state index is 0.183. The molecule has 0 aliphatic carbocycles. The summed E-state index contributed by atoms with van der Waals surface area (Å²) in [5.41, 5.74) is 6.61. The van der Waals surface area contributed by atoms with Gasteiger partial charge >= 0.3 is 0 Å². The molecule has 0 radical (unpaired) electrons. The highest BCUT2D eigenvalue weighted by Crippen LogP contribution is 2.28. The summed E-state index contributed by atoms with van der Waals surface area (Å²) < 4.78 is 5.15. The van der Waals surface area contributed by atoms with Gasteiger partial charge in [0, 0.05) is 5.02 Å². The van der Waals surface area contributed by atoms with Gasteiger partial charge in [-0.3, -0.25) is 4.79 Å². The highest BCUT2D eigenvalue weighted by molar-refractivity contribution is 6.31. The number of hydrogen-bond acceptors (Lipinski definition) is 4. The van der Waals surface area contributed by atoms with Gasteiger partial charge in [0.2, 0.25) is 0 Å². The molecule has 1 aromatic heterocycles. The van der Waals surface area contributed by atoms with Gasteiger partial charge in [-0.1, -0.05) is 23.2 Å². The topological polar surface area (TPSA) is 77.2 Å². The Bertz CT molecular complexity index is 662. The Morgan fingerprint density at radius 2 is 2.10 bits per heavy atom. The van der Waals surface area contributed by atoms with E-state index in [1.807, 2.05) is 0 Å². The van der Waals surface area contributed by atoms with Gasteiger partial charge < -0.3 is 15.8 Å². The maximum atomic E-state index is 12.2. The first-order valence-corrected chi connectivity index (χ1v) is 6.32. The summed E-state index contributed by atoms with van der Waals surface area (Å²) in [4.78, 5) is 16.0. The molecule has 20 heavy (non-hydrogen) atoms. The van der Waals surface area contributed by atoms with Crippen molar-refractivity contribution in [3.63, 3.8) is 0 Å². The summed E-state index contributed by atoms with van der Waals surface area (Å²) in [6.45, 7) is 0. The van der Waals surface area contributed by atoms with Gasteiger partial charge in [0.05, 0.1) is 30.2 Å². The lowest BCUT2D eigenvalue weighted by Crippen LogP contribution is -2.15. The van der Waals surface area contributed by atoms with Crippen LogP contribution in [0.3, 0.4) is 0 Å². The van der Waals surface area contributed by atoms with E-state index in [0.717, 1.165) is 0 Å². The lowest BCUT2D eigenvalue weighted by molar-refractivity contribution is 0.102. The molecule has 0 saturated carbocycles. The number of pyridine rings is 1. The number of benzene rings is 1. The van der Waals surface area contributed by atoms with E-state index in [9.17, 15) is 4.79 Å². The van der Waals surface area contributed by atoms with E-state index < -0.39 is 5.91 Å². The molecule has 7 heteroatoms. The second kappa shape index (κ2) is 5.98. The normalized spacial score (nSPS) is 10.2. The van der Waals surface area contributed by atoms with E-state index >= 15 is 0 Å². The Kier molecular flexibility index (Phi) is 4.32. The molecule has 104 valence electrons. The molecule has 5 nitrogen and oxygen atoms in total. The second-order valence-corrected chi connectivity index (χ2v) is 4.72. The number of anilines is 2. The van der Waals surface area contributed by atoms with Crippen LogP contribution in [0, 0.1) is 0 Å². The number of methoxy groups -OCH3 is 1. The Hall–Kier alpha value is -1.98. The van der Waals surface area contributed by atoms with Crippen molar-refractivity contribution >= 4 is 40.5 Å². The van der Waals surface area contributed by atoms with Gasteiger partial charge in [-0.2, -0.15) is 0 Å². The van der Waals surface area contributed by atoms with Crippen LogP contribution in [-0.2, 0) is 0 Å². The first kappa shape index (κ1) is 14.4. The highest BCUT2D eigenvalue weighted by atomic mass is 35.5. The van der Waals surface area contributed by atoms with Gasteiger partial charge in [0.15, 0.2) is 0 Å². The molecule has 0 aliphatic heterocycles. The molecule has 0 aliphatic rings. The number of aromatic nitrogens is 1. The fourth-order valence-corrected chi connectivity index (χ4v) is 1.93. The lowest BCUT2D eigenvalue weighted by Gasteiger charge is -2.11. The van der Waals surface area contributed by atoms with Crippen LogP contribution < -0.4 is 15.8 Å². The van der Waals surface area contributed by atoms with Crippen molar-refractivity contribution in [1.29, 1.82) is 0 Å². The van der Waals surface area contributed by atoms with Crippen molar-refractivity contribution in [2.45, 2.75) is 0 Å². The maximum absolute atomic E-state index is 12.2. The van der Waals surface area contributed by atoms with Crippen molar-refractivity contribution in [3.8, 4) is 5.75 Å². The average Bonchev–Trinajstić information content (AvgIpc) is 2.41. The van der Waals surface area contributed by atoms with Crippen molar-refractivity contribution in [2.75, 3.05) is 18.2 Å². The zero-order valence-electron chi connectivity index (χ0n) is 10.5. The first-order chi connectivity index (χ1) is 9.51. The molecule has 1 aromatic carbocycles. The number of amides is 1. The summed E-state index contributed by atoms with van der Waals surface area (Å²) in [5.74, 6) is 0.0637. The van der Waals surface area contributed by atoms with Crippen molar-refractivity contribution in [3.05, 3.63) is 46.2 Å². The van der Waals surface area contributed by atoms with E-state index in [4.69, 9.17) is 33.7 Å². The average molecular weight is 312 g/mol. The molecule has 1 heterocycles. The molecule has 0 atom stereocenters. The minimum atomic E-state index is -0.424. The number of nitrogen functional groups attached to an aromatic ring is 1. The van der Waals surface area contributed by atoms with Crippen LogP contribution >= 0.6 is 23.2 Å². The van der Waals surface area contributed by atoms with Gasteiger partial charge in [0.25, 0.3) is 5.91 Å². The third kappa shape index (κ3) is 3.12. The zero-order chi connectivity index (χ0) is 14.7. The van der Waals surface area contributed by atoms with Crippen LogP contribution in [0.15, 0.2) is 30.5 Å². The van der Waals surface area contributed by atoms with E-state index in [2.05, 4.69) is 10.3 Å². The van der Waals surface area contributed by atoms with Crippen LogP contribution in [0.25, 0.3) is 0 Å². The monoisotopic (exact) mass is 311 g/mol. The fraction of sp³-hybridized carbons (Fsp3) is 0.0769. The van der Waals surface area contributed by atoms with Crippen LogP contribution in [0.4, 0.5) is 11.4 Å². The van der Waals surface area contributed by atoms with E-state index in [1.54, 1.807) is 18.2 Å². The Balaban J connectivity index is 2.32. The van der Waals surface area contributed by atoms with Crippen LogP contribution in [-0.4, -0.2) is 18.0 Å². The Morgan fingerprint density at radius 3 is 2.80 bits per heavy atom. The van der Waals surface area contributed by atoms with E-state index in [-0.39, 0.29) is 16.4 Å². The fourth-order valence-electron chi connectivity index (χ4n) is 1.60. The Labute approximate surface area is 125 Å². The molecule has 2 aromatic rings. The quantitative estimate of drug-likeness (QED) is 0.853. The standard InChI is InChI=1S/C13H11Cl2N3O2/c1-20-11-3-2-7(14)4-10(11)18-13(19)8-5-12(15)17-6-9(8)16/h2-6H,16H2,1H3,(H,18,19). The maximum Gasteiger partial charge on any atom is 0.258 e. The van der Waals surface area contributed by atoms with Gasteiger partial charge in [-0.05, 0) is 24.3 Å². The summed E-state index contributed by atoms with van der Waals surface area (Å²) in [5, 5.41) is 3.33. The largest absolute Gasteiger partial charge is 0.495 e. The number of carbonyl (C=O) groups is 1. The third-order valence-corrected chi connectivity index (χ3v) is 3.00. The molecule has 1 amide bonds. The Morgan fingerprint density at radius 1 is 1.35 bits per heavy atom. The number of rotatable bonds is 3. The molecule has 0 unspecified atom stereocenters. The number of nitrogens with one attached hydrogen (secondary N) is 1. The van der Waals surface area contributed by atoms with E-state index in [1.165, 1.54) is 19.4 Å². The van der Waals surface area contributed by atoms with Crippen molar-refractivity contribution in [2.24, 2.45) is 0 Å². The summed E-state index contributed by atoms with van der Waals surface area (Å²) in [7, 11) is 1.50. The molecule has 3 N–H and O–H groups in total. The van der Waals surface area contributed by atoms with Crippen LogP contribution in [0.2, 0.25) is 10.2 Å². The molecular weight excluding hydrogens is 301 g/mol. The van der Waals surface area contributed by atoms with E-state index in [0.29, 0.717) is 16.5 Å². The lowest BCUT2D eigenvalue weighted by atomic mass is 10.2. The predicted octanol–water partition coefficient (Wildman–Crippen LogP) is 3.23. The zero-order valence-corrected chi connectivity index (χ0v) is 12.0. The number of ether oxygens (including phenoxy) is 1. The predicted molar refractivity (Wildman–Crippen MR) is 79.6 cm³/mol. The first-order valence-electron chi connectivity index (χ1n) is 5.57. The minimum Gasteiger partial charge on any atom is -0.495 e. The molecule has 0 fully saturated rings. The number of nitrogens with two attached hydrogens (primary N) is 1. The van der Waals surface area contributed by atoms with Gasteiger partial charge in [0.1, 0.15) is 10.9 Å². The molecular formula is C13H11Cl2N3O2. The summed E-state index contributed by atoms with van der Waals surface area (Å²) in [6.07, 6.45) is 1.33. The van der Waals surface area contributed by atoms with Gasteiger partial charge in [-0.15, -0.1) is 0 Å². The molecule has 2 rings (SSSR count). The smallest absolute Gasteiger partial charge is 0.258 e. The summed E-state index contributed by atoms with van der Waals surface area (Å²) >= 11 is 11.7. The van der Waals surface area contributed by atoms with Crippen LogP contribution in [0.1, 0.15) is 10.4 Å². The van der Waals surface area contributed by atoms with Crippen molar-refractivity contribution in [1.82, 2.24) is 4.98 Å². The second-order valence-electron chi connectivity index (χ2n) is 3.89. The summed E-state index contributed by atoms with van der Waals surface area (Å²) in [6, 6.07) is 6.29. The number of hydrogen-bond donors (Lipinski definition) is 2. The number of carbonyl (C=O) groups excluding carboxylic acids is 1. The van der Waals surface area contributed by atoms with Crippen molar-refractivity contribution < 1.29 is 9.53 Å². The number of halogens is 2. The van der Waals surface area contributed by atoms with Crippen LogP contribution in [0.5, 0.6) is 5.75 Å². The molecule has 0 saturated heterocycles.